The number of carbonyl (C=O) groups excluding carboxylic acids is 1. The fourth-order valence-electron chi connectivity index (χ4n) is 2.33. The van der Waals surface area contributed by atoms with Gasteiger partial charge in [-0.05, 0) is 48.7 Å². The third-order valence-corrected chi connectivity index (χ3v) is 3.70. The Bertz CT molecular complexity index is 686. The van der Waals surface area contributed by atoms with Crippen molar-refractivity contribution in [3.8, 4) is 11.5 Å². The van der Waals surface area contributed by atoms with Crippen LogP contribution in [0.15, 0.2) is 48.5 Å². The molecule has 4 nitrogen and oxygen atoms in total. The predicted molar refractivity (Wildman–Crippen MR) is 95.5 cm³/mol. The van der Waals surface area contributed by atoms with E-state index in [9.17, 15) is 9.18 Å². The number of benzene rings is 2. The first-order chi connectivity index (χ1) is 12.0. The molecular formula is C20H24FNO3. The lowest BCUT2D eigenvalue weighted by Gasteiger charge is -2.18. The molecule has 0 saturated carbocycles. The number of nitrogens with one attached hydrogen (secondary N) is 1. The Morgan fingerprint density at radius 1 is 1.08 bits per heavy atom. The molecule has 5 heteroatoms. The lowest BCUT2D eigenvalue weighted by atomic mass is 10.0. The van der Waals surface area contributed by atoms with Gasteiger partial charge in [-0.1, -0.05) is 32.0 Å². The summed E-state index contributed by atoms with van der Waals surface area (Å²) < 4.78 is 24.0. The first kappa shape index (κ1) is 18.8. The monoisotopic (exact) mass is 345 g/mol. The van der Waals surface area contributed by atoms with Crippen molar-refractivity contribution < 1.29 is 18.7 Å². The summed E-state index contributed by atoms with van der Waals surface area (Å²) in [6, 6.07) is 13.5. The third kappa shape index (κ3) is 5.78. The molecule has 0 aliphatic heterocycles. The number of halogens is 1. The van der Waals surface area contributed by atoms with Crippen molar-refractivity contribution in [3.05, 3.63) is 59.9 Å². The second kappa shape index (κ2) is 9.06. The van der Waals surface area contributed by atoms with Crippen LogP contribution in [0, 0.1) is 5.82 Å². The first-order valence-electron chi connectivity index (χ1n) is 8.39. The Balaban J connectivity index is 1.78. The van der Waals surface area contributed by atoms with Gasteiger partial charge in [-0.25, -0.2) is 4.39 Å². The molecule has 25 heavy (non-hydrogen) atoms. The van der Waals surface area contributed by atoms with Crippen LogP contribution in [0.3, 0.4) is 0 Å². The maximum Gasteiger partial charge on any atom is 0.260 e. The first-order valence-corrected chi connectivity index (χ1v) is 8.39. The smallest absolute Gasteiger partial charge is 0.260 e. The molecule has 0 fully saturated rings. The van der Waals surface area contributed by atoms with Crippen molar-refractivity contribution in [1.29, 1.82) is 0 Å². The van der Waals surface area contributed by atoms with Crippen molar-refractivity contribution in [2.45, 2.75) is 32.8 Å². The largest absolute Gasteiger partial charge is 0.492 e. The van der Waals surface area contributed by atoms with Gasteiger partial charge in [0, 0.05) is 0 Å². The average molecular weight is 345 g/mol. The highest BCUT2D eigenvalue weighted by atomic mass is 19.1. The van der Waals surface area contributed by atoms with E-state index in [0.717, 1.165) is 11.3 Å². The van der Waals surface area contributed by atoms with Gasteiger partial charge < -0.3 is 14.8 Å². The van der Waals surface area contributed by atoms with Crippen molar-refractivity contribution in [2.24, 2.45) is 0 Å². The van der Waals surface area contributed by atoms with E-state index in [1.807, 2.05) is 24.3 Å². The number of hydrogen-bond donors (Lipinski definition) is 1. The third-order valence-electron chi connectivity index (χ3n) is 3.70. The molecule has 0 radical (unpaired) electrons. The summed E-state index contributed by atoms with van der Waals surface area (Å²) in [6.45, 7) is 6.52. The quantitative estimate of drug-likeness (QED) is 0.738. The second-order valence-corrected chi connectivity index (χ2v) is 6.05. The summed E-state index contributed by atoms with van der Waals surface area (Å²) in [6.07, 6.45) is -0.606. The summed E-state index contributed by atoms with van der Waals surface area (Å²) in [5.41, 5.74) is 1.07. The van der Waals surface area contributed by atoms with E-state index < -0.39 is 6.10 Å². The van der Waals surface area contributed by atoms with Crippen molar-refractivity contribution in [3.63, 3.8) is 0 Å². The summed E-state index contributed by atoms with van der Waals surface area (Å²) in [5, 5.41) is 2.77. The van der Waals surface area contributed by atoms with E-state index in [2.05, 4.69) is 19.2 Å². The fraction of sp³-hybridized carbons (Fsp3) is 0.350. The Morgan fingerprint density at radius 2 is 1.76 bits per heavy atom. The molecule has 0 aromatic heterocycles. The fourth-order valence-corrected chi connectivity index (χ4v) is 2.33. The minimum atomic E-state index is -0.606. The van der Waals surface area contributed by atoms with Crippen LogP contribution in [0.4, 0.5) is 4.39 Å². The second-order valence-electron chi connectivity index (χ2n) is 6.05. The molecule has 0 heterocycles. The summed E-state index contributed by atoms with van der Waals surface area (Å²) >= 11 is 0. The average Bonchev–Trinajstić information content (AvgIpc) is 2.60. The predicted octanol–water partition coefficient (Wildman–Crippen LogP) is 3.91. The van der Waals surface area contributed by atoms with Crippen molar-refractivity contribution in [2.75, 3.05) is 13.2 Å². The van der Waals surface area contributed by atoms with Crippen molar-refractivity contribution in [1.82, 2.24) is 5.32 Å². The molecule has 0 aliphatic carbocycles. The van der Waals surface area contributed by atoms with Gasteiger partial charge in [0.1, 0.15) is 23.9 Å². The standard InChI is InChI=1S/C20H24FNO3/c1-14(2)18-6-4-5-7-19(18)25-15(3)20(23)22-12-13-24-17-10-8-16(21)9-11-17/h4-11,14-15H,12-13H2,1-3H3,(H,22,23)/t15-/m1/s1. The summed E-state index contributed by atoms with van der Waals surface area (Å²) in [7, 11) is 0. The minimum absolute atomic E-state index is 0.207. The van der Waals surface area contributed by atoms with Crippen LogP contribution in [-0.4, -0.2) is 25.2 Å². The van der Waals surface area contributed by atoms with Crippen LogP contribution in [-0.2, 0) is 4.79 Å². The maximum absolute atomic E-state index is 12.8. The molecule has 134 valence electrons. The lowest BCUT2D eigenvalue weighted by molar-refractivity contribution is -0.127. The highest BCUT2D eigenvalue weighted by Crippen LogP contribution is 2.26. The Morgan fingerprint density at radius 3 is 2.44 bits per heavy atom. The molecule has 0 saturated heterocycles. The molecular weight excluding hydrogens is 321 g/mol. The topological polar surface area (TPSA) is 47.6 Å². The highest BCUT2D eigenvalue weighted by molar-refractivity contribution is 5.80. The summed E-state index contributed by atoms with van der Waals surface area (Å²) in [4.78, 5) is 12.1. The van der Waals surface area contributed by atoms with Crippen LogP contribution in [0.2, 0.25) is 0 Å². The van der Waals surface area contributed by atoms with Gasteiger partial charge in [0.25, 0.3) is 5.91 Å². The Labute approximate surface area is 148 Å². The maximum atomic E-state index is 12.8. The Kier molecular flexibility index (Phi) is 6.81. The lowest BCUT2D eigenvalue weighted by Crippen LogP contribution is -2.38. The molecule has 2 aromatic rings. The van der Waals surface area contributed by atoms with Crippen LogP contribution >= 0.6 is 0 Å². The van der Waals surface area contributed by atoms with Crippen LogP contribution in [0.25, 0.3) is 0 Å². The van der Waals surface area contributed by atoms with Crippen molar-refractivity contribution >= 4 is 5.91 Å². The van der Waals surface area contributed by atoms with E-state index in [1.165, 1.54) is 12.1 Å². The highest BCUT2D eigenvalue weighted by Gasteiger charge is 2.16. The molecule has 0 bridgehead atoms. The normalized spacial score (nSPS) is 11.9. The van der Waals surface area contributed by atoms with E-state index >= 15 is 0 Å². The molecule has 1 atom stereocenters. The van der Waals surface area contributed by atoms with Gasteiger partial charge >= 0.3 is 0 Å². The molecule has 2 aromatic carbocycles. The molecule has 1 amide bonds. The molecule has 0 unspecified atom stereocenters. The van der Waals surface area contributed by atoms with Gasteiger partial charge in [-0.15, -0.1) is 0 Å². The SMILES string of the molecule is CC(C)c1ccccc1O[C@H](C)C(=O)NCCOc1ccc(F)cc1. The zero-order valence-corrected chi connectivity index (χ0v) is 14.8. The number of hydrogen-bond acceptors (Lipinski definition) is 3. The molecule has 2 rings (SSSR count). The van der Waals surface area contributed by atoms with Gasteiger partial charge in [0.15, 0.2) is 6.10 Å². The van der Waals surface area contributed by atoms with Crippen LogP contribution in [0.5, 0.6) is 11.5 Å². The van der Waals surface area contributed by atoms with Crippen LogP contribution in [0.1, 0.15) is 32.3 Å². The zero-order valence-electron chi connectivity index (χ0n) is 14.8. The van der Waals surface area contributed by atoms with E-state index in [0.29, 0.717) is 24.8 Å². The number of ether oxygens (including phenoxy) is 2. The van der Waals surface area contributed by atoms with Gasteiger partial charge in [-0.3, -0.25) is 4.79 Å². The molecule has 0 spiro atoms. The number of para-hydroxylation sites is 1. The number of rotatable bonds is 8. The number of amides is 1. The molecule has 1 N–H and O–H groups in total. The van der Waals surface area contributed by atoms with Gasteiger partial charge in [0.2, 0.25) is 0 Å². The van der Waals surface area contributed by atoms with Gasteiger partial charge in [-0.2, -0.15) is 0 Å². The summed E-state index contributed by atoms with van der Waals surface area (Å²) in [5.74, 6) is 1.08. The zero-order chi connectivity index (χ0) is 18.2. The van der Waals surface area contributed by atoms with E-state index in [1.54, 1.807) is 19.1 Å². The Hall–Kier alpha value is -2.56. The molecule has 0 aliphatic rings. The van der Waals surface area contributed by atoms with E-state index in [-0.39, 0.29) is 11.7 Å². The van der Waals surface area contributed by atoms with E-state index in [4.69, 9.17) is 9.47 Å². The van der Waals surface area contributed by atoms with Crippen LogP contribution < -0.4 is 14.8 Å². The number of carbonyl (C=O) groups is 1. The van der Waals surface area contributed by atoms with Gasteiger partial charge in [0.05, 0.1) is 6.54 Å². The minimum Gasteiger partial charge on any atom is -0.492 e.